The van der Waals surface area contributed by atoms with E-state index in [9.17, 15) is 4.79 Å². The third-order valence-electron chi connectivity index (χ3n) is 4.21. The first-order valence-electron chi connectivity index (χ1n) is 8.76. The number of rotatable bonds is 8. The molecular weight excluding hydrogens is 358 g/mol. The Kier molecular flexibility index (Phi) is 6.19. The minimum Gasteiger partial charge on any atom is -0.497 e. The Labute approximate surface area is 163 Å². The van der Waals surface area contributed by atoms with E-state index in [0.717, 1.165) is 27.5 Å². The average molecular weight is 382 g/mol. The number of amides is 1. The van der Waals surface area contributed by atoms with Crippen molar-refractivity contribution in [2.75, 3.05) is 7.11 Å². The highest BCUT2D eigenvalue weighted by atomic mass is 32.2. The highest BCUT2D eigenvalue weighted by Crippen LogP contribution is 2.27. The second-order valence-corrected chi connectivity index (χ2v) is 7.42. The topological polar surface area (TPSA) is 56.2 Å². The van der Waals surface area contributed by atoms with Crippen LogP contribution < -0.4 is 10.1 Å². The number of para-hydroxylation sites is 2. The zero-order chi connectivity index (χ0) is 19.2. The first-order chi connectivity index (χ1) is 13.1. The van der Waals surface area contributed by atoms with Gasteiger partial charge in [0, 0.05) is 13.1 Å². The van der Waals surface area contributed by atoms with Crippen LogP contribution in [0.3, 0.4) is 0 Å². The van der Waals surface area contributed by atoms with Gasteiger partial charge in [-0.25, -0.2) is 4.98 Å². The molecule has 0 saturated carbocycles. The molecule has 1 N–H and O–H groups in total. The third-order valence-corrected chi connectivity index (χ3v) is 5.30. The summed E-state index contributed by atoms with van der Waals surface area (Å²) < 4.78 is 7.23. The number of methoxy groups -OCH3 is 1. The van der Waals surface area contributed by atoms with Gasteiger partial charge in [0.2, 0.25) is 5.91 Å². The Morgan fingerprint density at radius 2 is 2.04 bits per heavy atom. The van der Waals surface area contributed by atoms with Crippen molar-refractivity contribution in [2.24, 2.45) is 0 Å². The van der Waals surface area contributed by atoms with E-state index in [4.69, 9.17) is 4.74 Å². The smallest absolute Gasteiger partial charge is 0.233 e. The van der Waals surface area contributed by atoms with Crippen molar-refractivity contribution >= 4 is 28.7 Å². The van der Waals surface area contributed by atoms with E-state index in [2.05, 4.69) is 21.4 Å². The number of hydrogen-bond donors (Lipinski definition) is 1. The fraction of sp³-hybridized carbons (Fsp3) is 0.238. The van der Waals surface area contributed by atoms with Gasteiger partial charge in [-0.3, -0.25) is 4.79 Å². The molecule has 5 nitrogen and oxygen atoms in total. The van der Waals surface area contributed by atoms with Crippen LogP contribution in [0.5, 0.6) is 5.75 Å². The van der Waals surface area contributed by atoms with Crippen molar-refractivity contribution in [2.45, 2.75) is 30.4 Å². The molecule has 3 rings (SSSR count). The van der Waals surface area contributed by atoms with E-state index >= 15 is 0 Å². The molecule has 1 atom stereocenters. The summed E-state index contributed by atoms with van der Waals surface area (Å²) in [5.41, 5.74) is 3.00. The van der Waals surface area contributed by atoms with Crippen LogP contribution in [-0.2, 0) is 17.9 Å². The third kappa shape index (κ3) is 4.52. The van der Waals surface area contributed by atoms with Crippen molar-refractivity contribution in [3.63, 3.8) is 0 Å². The monoisotopic (exact) mass is 381 g/mol. The number of imidazole rings is 1. The van der Waals surface area contributed by atoms with Gasteiger partial charge in [-0.1, -0.05) is 42.1 Å². The molecule has 140 valence electrons. The molecule has 0 aliphatic rings. The van der Waals surface area contributed by atoms with Crippen LogP contribution in [0.1, 0.15) is 12.5 Å². The summed E-state index contributed by atoms with van der Waals surface area (Å²) in [4.78, 5) is 17.2. The molecule has 1 amide bonds. The first-order valence-corrected chi connectivity index (χ1v) is 9.63. The molecule has 0 radical (unpaired) electrons. The molecule has 0 spiro atoms. The SMILES string of the molecule is C=CCn1c(SC(C)C(=O)NCc2ccc(OC)cc2)nc2ccccc21. The van der Waals surface area contributed by atoms with Crippen molar-refractivity contribution in [1.82, 2.24) is 14.9 Å². The minimum atomic E-state index is -0.261. The van der Waals surface area contributed by atoms with Crippen LogP contribution in [0, 0.1) is 0 Å². The second kappa shape index (κ2) is 8.77. The molecule has 6 heteroatoms. The quantitative estimate of drug-likeness (QED) is 0.473. The molecule has 0 aliphatic heterocycles. The number of nitrogens with one attached hydrogen (secondary N) is 1. The Morgan fingerprint density at radius 3 is 2.74 bits per heavy atom. The van der Waals surface area contributed by atoms with Gasteiger partial charge in [-0.15, -0.1) is 6.58 Å². The minimum absolute atomic E-state index is 0.0203. The zero-order valence-corrected chi connectivity index (χ0v) is 16.3. The van der Waals surface area contributed by atoms with Gasteiger partial charge < -0.3 is 14.6 Å². The molecule has 1 aromatic heterocycles. The summed E-state index contributed by atoms with van der Waals surface area (Å²) in [6.07, 6.45) is 1.84. The van der Waals surface area contributed by atoms with Crippen molar-refractivity contribution in [1.29, 1.82) is 0 Å². The maximum atomic E-state index is 12.5. The maximum absolute atomic E-state index is 12.5. The molecular formula is C21H23N3O2S. The lowest BCUT2D eigenvalue weighted by Gasteiger charge is -2.13. The van der Waals surface area contributed by atoms with Gasteiger partial charge in [0.1, 0.15) is 5.75 Å². The molecule has 2 aromatic carbocycles. The molecule has 1 unspecified atom stereocenters. The average Bonchev–Trinajstić information content (AvgIpc) is 3.04. The summed E-state index contributed by atoms with van der Waals surface area (Å²) in [5.74, 6) is 0.781. The number of benzene rings is 2. The summed E-state index contributed by atoms with van der Waals surface area (Å²) in [5, 5.41) is 3.55. The fourth-order valence-corrected chi connectivity index (χ4v) is 3.69. The number of nitrogens with zero attached hydrogens (tertiary/aromatic N) is 2. The van der Waals surface area contributed by atoms with Crippen molar-refractivity contribution < 1.29 is 9.53 Å². The Bertz CT molecular complexity index is 934. The van der Waals surface area contributed by atoms with E-state index in [-0.39, 0.29) is 11.2 Å². The standard InChI is InChI=1S/C21H23N3O2S/c1-4-13-24-19-8-6-5-7-18(19)23-21(24)27-15(2)20(25)22-14-16-9-11-17(26-3)12-10-16/h4-12,15H,1,13-14H2,2-3H3,(H,22,25). The summed E-state index contributed by atoms with van der Waals surface area (Å²) in [7, 11) is 1.63. The second-order valence-electron chi connectivity index (χ2n) is 6.11. The van der Waals surface area contributed by atoms with Crippen LogP contribution >= 0.6 is 11.8 Å². The molecule has 1 heterocycles. The van der Waals surface area contributed by atoms with Gasteiger partial charge >= 0.3 is 0 Å². The number of fused-ring (bicyclic) bond motifs is 1. The number of thioether (sulfide) groups is 1. The van der Waals surface area contributed by atoms with E-state index in [1.807, 2.05) is 61.5 Å². The van der Waals surface area contributed by atoms with Gasteiger partial charge in [-0.2, -0.15) is 0 Å². The number of carbonyl (C=O) groups excluding carboxylic acids is 1. The summed E-state index contributed by atoms with van der Waals surface area (Å²) in [6, 6.07) is 15.6. The lowest BCUT2D eigenvalue weighted by atomic mass is 10.2. The molecule has 0 fully saturated rings. The van der Waals surface area contributed by atoms with E-state index in [0.29, 0.717) is 13.1 Å². The van der Waals surface area contributed by atoms with E-state index < -0.39 is 0 Å². The van der Waals surface area contributed by atoms with Gasteiger partial charge in [-0.05, 0) is 36.8 Å². The van der Waals surface area contributed by atoms with Crippen LogP contribution in [0.15, 0.2) is 66.3 Å². The number of aromatic nitrogens is 2. The number of ether oxygens (including phenoxy) is 1. The largest absolute Gasteiger partial charge is 0.497 e. The molecule has 27 heavy (non-hydrogen) atoms. The maximum Gasteiger partial charge on any atom is 0.233 e. The Balaban J connectivity index is 1.66. The number of allylic oxidation sites excluding steroid dienone is 1. The van der Waals surface area contributed by atoms with Gasteiger partial charge in [0.05, 0.1) is 23.4 Å². The lowest BCUT2D eigenvalue weighted by Crippen LogP contribution is -2.30. The van der Waals surface area contributed by atoms with Gasteiger partial charge in [0.15, 0.2) is 5.16 Å². The number of carbonyl (C=O) groups is 1. The Hall–Kier alpha value is -2.73. The van der Waals surface area contributed by atoms with Crippen molar-refractivity contribution in [3.05, 3.63) is 66.7 Å². The van der Waals surface area contributed by atoms with E-state index in [1.165, 1.54) is 11.8 Å². The van der Waals surface area contributed by atoms with Crippen LogP contribution in [0.25, 0.3) is 11.0 Å². The predicted octanol–water partition coefficient (Wildman–Crippen LogP) is 4.03. The summed E-state index contributed by atoms with van der Waals surface area (Å²) >= 11 is 1.46. The van der Waals surface area contributed by atoms with Crippen LogP contribution in [0.4, 0.5) is 0 Å². The predicted molar refractivity (Wildman–Crippen MR) is 110 cm³/mol. The van der Waals surface area contributed by atoms with Crippen LogP contribution in [0.2, 0.25) is 0 Å². The van der Waals surface area contributed by atoms with Gasteiger partial charge in [0.25, 0.3) is 0 Å². The van der Waals surface area contributed by atoms with Crippen molar-refractivity contribution in [3.8, 4) is 5.75 Å². The normalized spacial score (nSPS) is 11.9. The molecule has 3 aromatic rings. The molecule has 0 saturated heterocycles. The highest BCUT2D eigenvalue weighted by molar-refractivity contribution is 8.00. The molecule has 0 bridgehead atoms. The Morgan fingerprint density at radius 1 is 1.30 bits per heavy atom. The fourth-order valence-electron chi connectivity index (χ4n) is 2.74. The highest BCUT2D eigenvalue weighted by Gasteiger charge is 2.19. The first kappa shape index (κ1) is 19.0. The number of hydrogen-bond acceptors (Lipinski definition) is 4. The van der Waals surface area contributed by atoms with E-state index in [1.54, 1.807) is 7.11 Å². The van der Waals surface area contributed by atoms with Crippen LogP contribution in [-0.4, -0.2) is 27.8 Å². The summed E-state index contributed by atoms with van der Waals surface area (Å²) in [6.45, 7) is 6.86. The lowest BCUT2D eigenvalue weighted by molar-refractivity contribution is -0.120. The molecule has 0 aliphatic carbocycles. The zero-order valence-electron chi connectivity index (χ0n) is 15.5.